The number of fused-ring (bicyclic) bond motifs is 8. The van der Waals surface area contributed by atoms with Crippen LogP contribution in [0.1, 0.15) is 0 Å². The summed E-state index contributed by atoms with van der Waals surface area (Å²) in [6.07, 6.45) is 3.41. The maximum absolute atomic E-state index is 6.11. The molecule has 0 fully saturated rings. The Bertz CT molecular complexity index is 2850. The highest BCUT2D eigenvalue weighted by Gasteiger charge is 2.17. The van der Waals surface area contributed by atoms with Crippen LogP contribution in [0.3, 0.4) is 0 Å². The SMILES string of the molecule is c1ccc(-c2cccc3c2sc2c(-c4cccc(-c5cccc(-c6cccc7ccc8oc9nccnc9c8c67)c5)c4)cccc23)cc1. The van der Waals surface area contributed by atoms with Crippen molar-refractivity contribution in [3.05, 3.63) is 158 Å². The molecule has 224 valence electrons. The van der Waals surface area contributed by atoms with Gasteiger partial charge in [-0.2, -0.15) is 0 Å². The van der Waals surface area contributed by atoms with Gasteiger partial charge in [0.25, 0.3) is 0 Å². The summed E-state index contributed by atoms with van der Waals surface area (Å²) in [6, 6.07) is 52.5. The van der Waals surface area contributed by atoms with Crippen LogP contribution in [0, 0.1) is 0 Å². The van der Waals surface area contributed by atoms with Gasteiger partial charge in [0.1, 0.15) is 11.1 Å². The third-order valence-corrected chi connectivity index (χ3v) is 10.7. The fourth-order valence-corrected chi connectivity index (χ4v) is 8.59. The van der Waals surface area contributed by atoms with Crippen molar-refractivity contribution in [3.8, 4) is 44.5 Å². The third-order valence-electron chi connectivity index (χ3n) is 9.41. The fourth-order valence-electron chi connectivity index (χ4n) is 7.22. The molecule has 3 heterocycles. The van der Waals surface area contributed by atoms with Gasteiger partial charge >= 0.3 is 0 Å². The van der Waals surface area contributed by atoms with E-state index in [2.05, 4.69) is 149 Å². The molecule has 4 heteroatoms. The van der Waals surface area contributed by atoms with Gasteiger partial charge in [-0.3, -0.25) is 0 Å². The second-order valence-electron chi connectivity index (χ2n) is 12.1. The Morgan fingerprint density at radius 1 is 0.438 bits per heavy atom. The molecule has 0 saturated carbocycles. The summed E-state index contributed by atoms with van der Waals surface area (Å²) >= 11 is 1.89. The summed E-state index contributed by atoms with van der Waals surface area (Å²) in [4.78, 5) is 9.09. The Labute approximate surface area is 280 Å². The van der Waals surface area contributed by atoms with Gasteiger partial charge in [-0.1, -0.05) is 127 Å². The topological polar surface area (TPSA) is 38.9 Å². The Morgan fingerprint density at radius 2 is 1.02 bits per heavy atom. The molecular weight excluding hydrogens is 605 g/mol. The van der Waals surface area contributed by atoms with Crippen LogP contribution in [0.4, 0.5) is 0 Å². The summed E-state index contributed by atoms with van der Waals surface area (Å²) in [5, 5.41) is 5.89. The van der Waals surface area contributed by atoms with Crippen molar-refractivity contribution in [2.45, 2.75) is 0 Å². The van der Waals surface area contributed by atoms with Crippen LogP contribution in [-0.4, -0.2) is 9.97 Å². The molecule has 0 spiro atoms. The summed E-state index contributed by atoms with van der Waals surface area (Å²) < 4.78 is 8.75. The smallest absolute Gasteiger partial charge is 0.246 e. The van der Waals surface area contributed by atoms with Crippen LogP contribution in [0.2, 0.25) is 0 Å². The van der Waals surface area contributed by atoms with E-state index in [1.54, 1.807) is 12.4 Å². The van der Waals surface area contributed by atoms with E-state index in [9.17, 15) is 0 Å². The Hall–Kier alpha value is -6.10. The van der Waals surface area contributed by atoms with Crippen LogP contribution >= 0.6 is 11.3 Å². The number of benzene rings is 7. The Balaban J connectivity index is 1.11. The molecule has 3 nitrogen and oxygen atoms in total. The zero-order valence-corrected chi connectivity index (χ0v) is 26.5. The van der Waals surface area contributed by atoms with Crippen molar-refractivity contribution in [1.29, 1.82) is 0 Å². The molecule has 0 atom stereocenters. The molecule has 0 unspecified atom stereocenters. The van der Waals surface area contributed by atoms with E-state index >= 15 is 0 Å². The van der Waals surface area contributed by atoms with E-state index in [1.807, 2.05) is 17.4 Å². The molecule has 0 aliphatic carbocycles. The highest BCUT2D eigenvalue weighted by atomic mass is 32.1. The lowest BCUT2D eigenvalue weighted by atomic mass is 9.92. The van der Waals surface area contributed by atoms with Gasteiger partial charge in [0.05, 0.1) is 5.39 Å². The molecule has 0 N–H and O–H groups in total. The van der Waals surface area contributed by atoms with Crippen molar-refractivity contribution in [2.24, 2.45) is 0 Å². The minimum absolute atomic E-state index is 0.560. The maximum Gasteiger partial charge on any atom is 0.246 e. The van der Waals surface area contributed by atoms with Crippen LogP contribution in [0.15, 0.2) is 162 Å². The predicted molar refractivity (Wildman–Crippen MR) is 201 cm³/mol. The van der Waals surface area contributed by atoms with Crippen molar-refractivity contribution in [1.82, 2.24) is 9.97 Å². The van der Waals surface area contributed by atoms with Gasteiger partial charge in [-0.15, -0.1) is 11.3 Å². The molecule has 0 radical (unpaired) electrons. The minimum Gasteiger partial charge on any atom is -0.436 e. The van der Waals surface area contributed by atoms with Crippen LogP contribution in [-0.2, 0) is 0 Å². The summed E-state index contributed by atoms with van der Waals surface area (Å²) in [6.45, 7) is 0. The number of hydrogen-bond acceptors (Lipinski definition) is 4. The first-order valence-electron chi connectivity index (χ1n) is 16.1. The molecule has 0 amide bonds. The van der Waals surface area contributed by atoms with Crippen LogP contribution in [0.5, 0.6) is 0 Å². The molecule has 0 bridgehead atoms. The van der Waals surface area contributed by atoms with Gasteiger partial charge in [0, 0.05) is 38.0 Å². The zero-order valence-electron chi connectivity index (χ0n) is 25.7. The molecule has 7 aromatic carbocycles. The third kappa shape index (κ3) is 4.20. The largest absolute Gasteiger partial charge is 0.436 e. The molecule has 0 aliphatic heterocycles. The number of nitrogens with zero attached hydrogens (tertiary/aromatic N) is 2. The minimum atomic E-state index is 0.560. The summed E-state index contributed by atoms with van der Waals surface area (Å²) in [5.74, 6) is 0. The van der Waals surface area contributed by atoms with Crippen molar-refractivity contribution < 1.29 is 4.42 Å². The van der Waals surface area contributed by atoms with Gasteiger partial charge in [-0.25, -0.2) is 9.97 Å². The van der Waals surface area contributed by atoms with E-state index in [4.69, 9.17) is 4.42 Å². The number of aromatic nitrogens is 2. The summed E-state index contributed by atoms with van der Waals surface area (Å²) in [7, 11) is 0. The van der Waals surface area contributed by atoms with E-state index < -0.39 is 0 Å². The first-order valence-corrected chi connectivity index (χ1v) is 16.9. The number of hydrogen-bond donors (Lipinski definition) is 0. The quantitative estimate of drug-likeness (QED) is 0.194. The normalized spacial score (nSPS) is 11.8. The van der Waals surface area contributed by atoms with Crippen molar-refractivity contribution >= 4 is 64.5 Å². The van der Waals surface area contributed by atoms with Crippen molar-refractivity contribution in [2.75, 3.05) is 0 Å². The highest BCUT2D eigenvalue weighted by molar-refractivity contribution is 7.26. The number of thiophene rings is 1. The first-order chi connectivity index (χ1) is 23.8. The molecule has 10 rings (SSSR count). The fraction of sp³-hybridized carbons (Fsp3) is 0. The molecule has 48 heavy (non-hydrogen) atoms. The summed E-state index contributed by atoms with van der Waals surface area (Å²) in [5.41, 5.74) is 11.8. The highest BCUT2D eigenvalue weighted by Crippen LogP contribution is 2.44. The average molecular weight is 631 g/mol. The monoisotopic (exact) mass is 630 g/mol. The number of rotatable bonds is 4. The molecule has 3 aromatic heterocycles. The van der Waals surface area contributed by atoms with Gasteiger partial charge < -0.3 is 4.42 Å². The second kappa shape index (κ2) is 10.7. The standard InChI is InChI=1S/C44H26N2OS/c1-2-9-27(10-3-1)34-17-7-19-36-37-20-8-18-35(43(37)48-42(34)36)32-15-5-13-30(26-32)29-12-4-14-31(25-29)33-16-6-11-28-21-22-38-40(39(28)33)41-44(47-38)46-24-23-45-41/h1-26H. The van der Waals surface area contributed by atoms with Gasteiger partial charge in [-0.05, 0) is 68.1 Å². The van der Waals surface area contributed by atoms with Gasteiger partial charge in [0.15, 0.2) is 0 Å². The predicted octanol–water partition coefficient (Wildman–Crippen LogP) is 12.6. The molecule has 0 saturated heterocycles. The lowest BCUT2D eigenvalue weighted by Gasteiger charge is -2.11. The molecule has 10 aromatic rings. The first kappa shape index (κ1) is 27.1. The lowest BCUT2D eigenvalue weighted by molar-refractivity contribution is 0.653. The van der Waals surface area contributed by atoms with E-state index in [0.717, 1.165) is 38.4 Å². The second-order valence-corrected chi connectivity index (χ2v) is 13.2. The molecular formula is C44H26N2OS. The van der Waals surface area contributed by atoms with E-state index in [1.165, 1.54) is 53.6 Å². The van der Waals surface area contributed by atoms with Crippen LogP contribution < -0.4 is 0 Å². The number of furan rings is 1. The Kier molecular flexibility index (Phi) is 6.05. The maximum atomic E-state index is 6.11. The van der Waals surface area contributed by atoms with Gasteiger partial charge in [0.2, 0.25) is 5.71 Å². The average Bonchev–Trinajstić information content (AvgIpc) is 3.74. The van der Waals surface area contributed by atoms with Crippen LogP contribution in [0.25, 0.3) is 97.7 Å². The zero-order chi connectivity index (χ0) is 31.6. The van der Waals surface area contributed by atoms with E-state index in [0.29, 0.717) is 5.71 Å². The molecule has 0 aliphatic rings. The van der Waals surface area contributed by atoms with E-state index in [-0.39, 0.29) is 0 Å². The van der Waals surface area contributed by atoms with Crippen molar-refractivity contribution in [3.63, 3.8) is 0 Å². The Morgan fingerprint density at radius 3 is 1.77 bits per heavy atom. The lowest BCUT2D eigenvalue weighted by Crippen LogP contribution is -1.86.